The Morgan fingerprint density at radius 3 is 2.70 bits per heavy atom. The zero-order valence-electron chi connectivity index (χ0n) is 12.2. The first-order valence-electron chi connectivity index (χ1n) is 7.69. The molecule has 0 N–H and O–H groups in total. The second-order valence-corrected chi connectivity index (χ2v) is 6.90. The van der Waals surface area contributed by atoms with Crippen molar-refractivity contribution in [3.05, 3.63) is 29.8 Å². The van der Waals surface area contributed by atoms with Crippen LogP contribution in [0.25, 0.3) is 0 Å². The third-order valence-electron chi connectivity index (χ3n) is 4.88. The molecule has 1 heterocycles. The molecule has 2 fully saturated rings. The Bertz CT molecular complexity index is 470. The highest BCUT2D eigenvalue weighted by Crippen LogP contribution is 2.36. The molecule has 0 bridgehead atoms. The number of likely N-dealkylation sites (tertiary alicyclic amines) is 1. The van der Waals surface area contributed by atoms with Gasteiger partial charge in [-0.05, 0) is 50.1 Å². The molecular weight excluding hydrogens is 266 g/mol. The van der Waals surface area contributed by atoms with E-state index in [-0.39, 0.29) is 5.78 Å². The van der Waals surface area contributed by atoms with E-state index in [1.807, 2.05) is 24.3 Å². The Balaban J connectivity index is 1.63. The quantitative estimate of drug-likeness (QED) is 0.620. The van der Waals surface area contributed by atoms with Crippen LogP contribution in [0.3, 0.4) is 0 Å². The lowest BCUT2D eigenvalue weighted by Crippen LogP contribution is -2.38. The van der Waals surface area contributed by atoms with Crippen molar-refractivity contribution in [1.82, 2.24) is 4.90 Å². The number of benzene rings is 1. The van der Waals surface area contributed by atoms with Gasteiger partial charge in [0, 0.05) is 16.5 Å². The van der Waals surface area contributed by atoms with Gasteiger partial charge in [-0.25, -0.2) is 0 Å². The van der Waals surface area contributed by atoms with Crippen molar-refractivity contribution in [2.45, 2.75) is 43.0 Å². The fraction of sp³-hybridized carbons (Fsp3) is 0.588. The van der Waals surface area contributed by atoms with E-state index in [4.69, 9.17) is 0 Å². The molecule has 1 aliphatic heterocycles. The lowest BCUT2D eigenvalue weighted by atomic mass is 9.85. The number of hydrogen-bond acceptors (Lipinski definition) is 3. The van der Waals surface area contributed by atoms with Crippen LogP contribution in [-0.2, 0) is 0 Å². The van der Waals surface area contributed by atoms with Gasteiger partial charge in [-0.1, -0.05) is 25.0 Å². The fourth-order valence-corrected chi connectivity index (χ4v) is 4.16. The molecular formula is C17H23NOS. The minimum Gasteiger partial charge on any atom is -0.293 e. The summed E-state index contributed by atoms with van der Waals surface area (Å²) >= 11 is 1.72. The molecule has 1 aromatic rings. The number of hydrogen-bond donors (Lipinski definition) is 0. The number of carbonyl (C=O) groups excluding carboxylic acids is 1. The molecule has 0 spiro atoms. The summed E-state index contributed by atoms with van der Waals surface area (Å²) in [6.07, 6.45) is 8.75. The number of ketones is 1. The topological polar surface area (TPSA) is 20.3 Å². The molecule has 1 saturated heterocycles. The van der Waals surface area contributed by atoms with E-state index < -0.39 is 0 Å². The highest BCUT2D eigenvalue weighted by atomic mass is 32.2. The van der Waals surface area contributed by atoms with Gasteiger partial charge in [-0.2, -0.15) is 0 Å². The third kappa shape index (κ3) is 2.94. The van der Waals surface area contributed by atoms with Gasteiger partial charge in [0.1, 0.15) is 0 Å². The summed E-state index contributed by atoms with van der Waals surface area (Å²) in [5.41, 5.74) is 0.863. The molecule has 2 atom stereocenters. The maximum Gasteiger partial charge on any atom is 0.176 e. The maximum atomic E-state index is 12.4. The number of fused-ring (bicyclic) bond motifs is 1. The van der Waals surface area contributed by atoms with Crippen molar-refractivity contribution in [1.29, 1.82) is 0 Å². The molecule has 20 heavy (non-hydrogen) atoms. The van der Waals surface area contributed by atoms with Gasteiger partial charge in [0.2, 0.25) is 0 Å². The first-order valence-corrected chi connectivity index (χ1v) is 8.91. The van der Waals surface area contributed by atoms with Crippen LogP contribution in [0.2, 0.25) is 0 Å². The molecule has 0 aromatic heterocycles. The Morgan fingerprint density at radius 2 is 1.95 bits per heavy atom. The van der Waals surface area contributed by atoms with Crippen LogP contribution < -0.4 is 0 Å². The monoisotopic (exact) mass is 289 g/mol. The SMILES string of the molecule is CSc1ccc(C(=O)CN2CCC3CCCCC32)cc1. The number of nitrogens with zero attached hydrogens (tertiary/aromatic N) is 1. The number of thioether (sulfide) groups is 1. The number of rotatable bonds is 4. The van der Waals surface area contributed by atoms with Crippen molar-refractivity contribution in [3.8, 4) is 0 Å². The van der Waals surface area contributed by atoms with Crippen LogP contribution >= 0.6 is 11.8 Å². The van der Waals surface area contributed by atoms with Crippen LogP contribution in [-0.4, -0.2) is 36.1 Å². The van der Waals surface area contributed by atoms with Gasteiger partial charge >= 0.3 is 0 Å². The molecule has 2 nitrogen and oxygen atoms in total. The molecule has 1 aliphatic carbocycles. The number of Topliss-reactive ketones (excluding diaryl/α,β-unsaturated/α-hetero) is 1. The van der Waals surface area contributed by atoms with Gasteiger partial charge in [-0.3, -0.25) is 9.69 Å². The Morgan fingerprint density at radius 1 is 1.20 bits per heavy atom. The molecule has 0 radical (unpaired) electrons. The molecule has 3 heteroatoms. The molecule has 2 aliphatic rings. The van der Waals surface area contributed by atoms with E-state index in [0.29, 0.717) is 12.6 Å². The summed E-state index contributed by atoms with van der Waals surface area (Å²) in [7, 11) is 0. The number of carbonyl (C=O) groups is 1. The summed E-state index contributed by atoms with van der Waals surface area (Å²) < 4.78 is 0. The van der Waals surface area contributed by atoms with Crippen LogP contribution in [0.4, 0.5) is 0 Å². The van der Waals surface area contributed by atoms with Crippen molar-refractivity contribution in [2.24, 2.45) is 5.92 Å². The minimum absolute atomic E-state index is 0.281. The summed E-state index contributed by atoms with van der Waals surface area (Å²) in [6.45, 7) is 1.73. The van der Waals surface area contributed by atoms with Gasteiger partial charge in [0.15, 0.2) is 5.78 Å². The molecule has 1 saturated carbocycles. The third-order valence-corrected chi connectivity index (χ3v) is 5.63. The van der Waals surface area contributed by atoms with Crippen molar-refractivity contribution in [2.75, 3.05) is 19.3 Å². The van der Waals surface area contributed by atoms with E-state index in [2.05, 4.69) is 11.2 Å². The Labute approximate surface area is 125 Å². The summed E-state index contributed by atoms with van der Waals surface area (Å²) in [6, 6.07) is 8.72. The zero-order chi connectivity index (χ0) is 13.9. The average Bonchev–Trinajstić information content (AvgIpc) is 2.91. The standard InChI is InChI=1S/C17H23NOS/c1-20-15-8-6-14(7-9-15)17(19)12-18-11-10-13-4-2-3-5-16(13)18/h6-9,13,16H,2-5,10-12H2,1H3. The van der Waals surface area contributed by atoms with Gasteiger partial charge in [0.25, 0.3) is 0 Å². The molecule has 2 unspecified atom stereocenters. The van der Waals surface area contributed by atoms with Crippen molar-refractivity contribution < 1.29 is 4.79 Å². The second-order valence-electron chi connectivity index (χ2n) is 6.02. The van der Waals surface area contributed by atoms with Crippen LogP contribution in [0.15, 0.2) is 29.2 Å². The highest BCUT2D eigenvalue weighted by molar-refractivity contribution is 7.98. The van der Waals surface area contributed by atoms with Crippen LogP contribution in [0, 0.1) is 5.92 Å². The van der Waals surface area contributed by atoms with E-state index in [1.54, 1.807) is 11.8 Å². The first-order chi connectivity index (χ1) is 9.78. The molecule has 3 rings (SSSR count). The lowest BCUT2D eigenvalue weighted by molar-refractivity contribution is 0.0895. The normalized spacial score (nSPS) is 26.4. The van der Waals surface area contributed by atoms with E-state index in [9.17, 15) is 4.79 Å². The maximum absolute atomic E-state index is 12.4. The first kappa shape index (κ1) is 14.2. The highest BCUT2D eigenvalue weighted by Gasteiger charge is 2.36. The summed E-state index contributed by atoms with van der Waals surface area (Å²) in [5, 5.41) is 0. The van der Waals surface area contributed by atoms with E-state index >= 15 is 0 Å². The van der Waals surface area contributed by atoms with Crippen molar-refractivity contribution in [3.63, 3.8) is 0 Å². The smallest absolute Gasteiger partial charge is 0.176 e. The van der Waals surface area contributed by atoms with Crippen LogP contribution in [0.1, 0.15) is 42.5 Å². The lowest BCUT2D eigenvalue weighted by Gasteiger charge is -2.31. The Kier molecular flexibility index (Phi) is 4.47. The van der Waals surface area contributed by atoms with E-state index in [1.165, 1.54) is 37.0 Å². The molecule has 0 amide bonds. The average molecular weight is 289 g/mol. The zero-order valence-corrected chi connectivity index (χ0v) is 13.0. The van der Waals surface area contributed by atoms with Crippen molar-refractivity contribution >= 4 is 17.5 Å². The van der Waals surface area contributed by atoms with Gasteiger partial charge in [-0.15, -0.1) is 11.8 Å². The predicted octanol–water partition coefficient (Wildman–Crippen LogP) is 3.86. The largest absolute Gasteiger partial charge is 0.293 e. The summed E-state index contributed by atoms with van der Waals surface area (Å²) in [4.78, 5) is 16.1. The second kappa shape index (κ2) is 6.31. The fourth-order valence-electron chi connectivity index (χ4n) is 3.75. The molecule has 108 valence electrons. The van der Waals surface area contributed by atoms with Gasteiger partial charge < -0.3 is 0 Å². The van der Waals surface area contributed by atoms with Crippen LogP contribution in [0.5, 0.6) is 0 Å². The van der Waals surface area contributed by atoms with Gasteiger partial charge in [0.05, 0.1) is 6.54 Å². The van der Waals surface area contributed by atoms with E-state index in [0.717, 1.165) is 18.0 Å². The molecule has 1 aromatic carbocycles. The predicted molar refractivity (Wildman–Crippen MR) is 84.5 cm³/mol. The Hall–Kier alpha value is -0.800. The minimum atomic E-state index is 0.281. The summed E-state index contributed by atoms with van der Waals surface area (Å²) in [5.74, 6) is 1.14.